The fraction of sp³-hybridized carbons (Fsp3) is 0.565. The quantitative estimate of drug-likeness (QED) is 0.337. The minimum Gasteiger partial charge on any atom is -0.481 e. The van der Waals surface area contributed by atoms with E-state index < -0.39 is 5.97 Å². The lowest BCUT2D eigenvalue weighted by molar-refractivity contribution is -0.137. The summed E-state index contributed by atoms with van der Waals surface area (Å²) in [6.45, 7) is 2.25. The second kappa shape index (κ2) is 15.0. The van der Waals surface area contributed by atoms with Crippen molar-refractivity contribution in [3.63, 3.8) is 0 Å². The van der Waals surface area contributed by atoms with Gasteiger partial charge in [-0.05, 0) is 18.6 Å². The molecule has 0 spiro atoms. The Morgan fingerprint density at radius 2 is 1.37 bits per heavy atom. The molecule has 0 atom stereocenters. The second-order valence-corrected chi connectivity index (χ2v) is 6.97. The van der Waals surface area contributed by atoms with Crippen LogP contribution in [0.4, 0.5) is 0 Å². The highest BCUT2D eigenvalue weighted by Gasteiger charge is 1.96. The topological polar surface area (TPSA) is 67.5 Å². The van der Waals surface area contributed by atoms with Crippen LogP contribution in [0.2, 0.25) is 0 Å². The molecule has 1 aromatic carbocycles. The Kier molecular flexibility index (Phi) is 12.7. The normalized spacial score (nSPS) is 10.4. The van der Waals surface area contributed by atoms with Crippen LogP contribution in [-0.4, -0.2) is 11.1 Å². The van der Waals surface area contributed by atoms with E-state index in [1.54, 1.807) is 12.1 Å². The zero-order chi connectivity index (χ0) is 19.7. The summed E-state index contributed by atoms with van der Waals surface area (Å²) in [6, 6.07) is 10.6. The third-order valence-electron chi connectivity index (χ3n) is 4.52. The molecule has 0 aliphatic carbocycles. The molecule has 1 N–H and O–H groups in total. The van der Waals surface area contributed by atoms with Crippen LogP contribution in [0, 0.1) is 0 Å². The third kappa shape index (κ3) is 12.0. The van der Waals surface area contributed by atoms with Gasteiger partial charge in [0, 0.05) is 17.9 Å². The summed E-state index contributed by atoms with van der Waals surface area (Å²) in [4.78, 5) is 21.0. The Morgan fingerprint density at radius 1 is 0.815 bits per heavy atom. The number of unbranched alkanes of at least 4 members (excludes halogenated alkanes) is 10. The Hall–Kier alpha value is -2.10. The summed E-state index contributed by atoms with van der Waals surface area (Å²) in [5.41, 5.74) is 0.337. The van der Waals surface area contributed by atoms with Gasteiger partial charge in [-0.2, -0.15) is 0 Å². The average Bonchev–Trinajstić information content (AvgIpc) is 2.66. The first-order valence-electron chi connectivity index (χ1n) is 10.3. The highest BCUT2D eigenvalue weighted by Crippen LogP contribution is 2.12. The van der Waals surface area contributed by atoms with Gasteiger partial charge in [-0.3, -0.25) is 4.79 Å². The largest absolute Gasteiger partial charge is 0.481 e. The van der Waals surface area contributed by atoms with Crippen LogP contribution in [-0.2, 0) is 4.79 Å². The van der Waals surface area contributed by atoms with Gasteiger partial charge in [-0.1, -0.05) is 89.3 Å². The monoisotopic (exact) mass is 374 g/mol. The van der Waals surface area contributed by atoms with Crippen LogP contribution >= 0.6 is 0 Å². The van der Waals surface area contributed by atoms with E-state index in [9.17, 15) is 9.59 Å². The number of para-hydroxylation sites is 1. The predicted octanol–water partition coefficient (Wildman–Crippen LogP) is 6.57. The Morgan fingerprint density at radius 3 is 1.96 bits per heavy atom. The number of carboxylic acids is 1. The van der Waals surface area contributed by atoms with E-state index in [-0.39, 0.29) is 5.63 Å². The number of aliphatic carboxylic acids is 1. The van der Waals surface area contributed by atoms with Gasteiger partial charge in [0.25, 0.3) is 0 Å². The van der Waals surface area contributed by atoms with E-state index in [0.717, 1.165) is 18.2 Å². The van der Waals surface area contributed by atoms with Crippen molar-refractivity contribution in [3.05, 3.63) is 46.8 Å². The lowest BCUT2D eigenvalue weighted by atomic mass is 10.1. The van der Waals surface area contributed by atoms with Crippen molar-refractivity contribution in [2.24, 2.45) is 0 Å². The average molecular weight is 375 g/mol. The number of hydrogen-bond donors (Lipinski definition) is 1. The van der Waals surface area contributed by atoms with Gasteiger partial charge in [0.2, 0.25) is 0 Å². The van der Waals surface area contributed by atoms with E-state index in [4.69, 9.17) is 9.52 Å². The maximum Gasteiger partial charge on any atom is 0.336 e. The first-order valence-corrected chi connectivity index (χ1v) is 10.3. The molecule has 1 heterocycles. The molecule has 1 aromatic heterocycles. The summed E-state index contributed by atoms with van der Waals surface area (Å²) < 4.78 is 4.91. The van der Waals surface area contributed by atoms with Crippen molar-refractivity contribution in [1.29, 1.82) is 0 Å². The summed E-state index contributed by atoms with van der Waals surface area (Å²) in [7, 11) is 0. The minimum absolute atomic E-state index is 0.302. The standard InChI is InChI=1S/C14H28O2.C9H6O2/c1-2-3-4-5-6-7-8-9-10-11-12-13-14(15)16;10-9-6-5-7-3-1-2-4-8(7)11-9/h2-13H2,1H3,(H,15,16);1-6H. The lowest BCUT2D eigenvalue weighted by Gasteiger charge is -2.01. The second-order valence-electron chi connectivity index (χ2n) is 6.97. The molecule has 0 amide bonds. The SMILES string of the molecule is CCCCCCCCCCCCCC(=O)O.O=c1ccc2ccccc2o1. The fourth-order valence-corrected chi connectivity index (χ4v) is 2.95. The molecule has 0 bridgehead atoms. The molecule has 0 unspecified atom stereocenters. The van der Waals surface area contributed by atoms with Gasteiger partial charge < -0.3 is 9.52 Å². The zero-order valence-corrected chi connectivity index (χ0v) is 16.6. The predicted molar refractivity (Wildman–Crippen MR) is 111 cm³/mol. The molecule has 27 heavy (non-hydrogen) atoms. The molecule has 0 saturated heterocycles. The van der Waals surface area contributed by atoms with Gasteiger partial charge >= 0.3 is 11.6 Å². The summed E-state index contributed by atoms with van der Waals surface area (Å²) in [5, 5.41) is 9.41. The van der Waals surface area contributed by atoms with Crippen LogP contribution in [0.25, 0.3) is 11.0 Å². The number of hydrogen-bond acceptors (Lipinski definition) is 3. The van der Waals surface area contributed by atoms with Gasteiger partial charge in [0.05, 0.1) is 0 Å². The molecule has 4 nitrogen and oxygen atoms in total. The number of fused-ring (bicyclic) bond motifs is 1. The van der Waals surface area contributed by atoms with Crippen molar-refractivity contribution < 1.29 is 14.3 Å². The first kappa shape index (κ1) is 22.9. The Balaban J connectivity index is 0.000000285. The van der Waals surface area contributed by atoms with Crippen LogP contribution in [0.5, 0.6) is 0 Å². The Labute approximate surface area is 162 Å². The van der Waals surface area contributed by atoms with Crippen molar-refractivity contribution in [1.82, 2.24) is 0 Å². The van der Waals surface area contributed by atoms with Gasteiger partial charge in [0.1, 0.15) is 5.58 Å². The minimum atomic E-state index is -0.657. The van der Waals surface area contributed by atoms with Crippen molar-refractivity contribution in [3.8, 4) is 0 Å². The lowest BCUT2D eigenvalue weighted by Crippen LogP contribution is -1.93. The maximum atomic E-state index is 10.7. The van der Waals surface area contributed by atoms with Gasteiger partial charge in [-0.15, -0.1) is 0 Å². The van der Waals surface area contributed by atoms with E-state index in [1.807, 2.05) is 18.2 Å². The smallest absolute Gasteiger partial charge is 0.336 e. The molecule has 0 saturated carbocycles. The molecule has 2 aromatic rings. The summed E-state index contributed by atoms with van der Waals surface area (Å²) >= 11 is 0. The molecular formula is C23H34O4. The van der Waals surface area contributed by atoms with Crippen molar-refractivity contribution in [2.45, 2.75) is 84.0 Å². The maximum absolute atomic E-state index is 10.7. The van der Waals surface area contributed by atoms with Crippen molar-refractivity contribution in [2.75, 3.05) is 0 Å². The number of rotatable bonds is 12. The molecule has 0 aliphatic rings. The molecule has 0 fully saturated rings. The van der Waals surface area contributed by atoms with Crippen LogP contribution in [0.15, 0.2) is 45.6 Å². The molecular weight excluding hydrogens is 340 g/mol. The van der Waals surface area contributed by atoms with E-state index >= 15 is 0 Å². The number of carboxylic acid groups (broad SMARTS) is 1. The third-order valence-corrected chi connectivity index (χ3v) is 4.52. The van der Waals surface area contributed by atoms with Crippen molar-refractivity contribution >= 4 is 16.9 Å². The number of carbonyl (C=O) groups is 1. The first-order chi connectivity index (χ1) is 13.1. The molecule has 150 valence electrons. The highest BCUT2D eigenvalue weighted by molar-refractivity contribution is 5.75. The van der Waals surface area contributed by atoms with Crippen LogP contribution in [0.1, 0.15) is 84.0 Å². The molecule has 0 aliphatic heterocycles. The van der Waals surface area contributed by atoms with Crippen LogP contribution < -0.4 is 5.63 Å². The highest BCUT2D eigenvalue weighted by atomic mass is 16.4. The Bertz CT molecular complexity index is 690. The fourth-order valence-electron chi connectivity index (χ4n) is 2.95. The van der Waals surface area contributed by atoms with E-state index in [1.165, 1.54) is 63.9 Å². The van der Waals surface area contributed by atoms with Crippen LogP contribution in [0.3, 0.4) is 0 Å². The zero-order valence-electron chi connectivity index (χ0n) is 16.6. The molecule has 4 heteroatoms. The van der Waals surface area contributed by atoms with Gasteiger partial charge in [0.15, 0.2) is 0 Å². The van der Waals surface area contributed by atoms with E-state index in [0.29, 0.717) is 12.0 Å². The summed E-state index contributed by atoms with van der Waals surface area (Å²) in [5.74, 6) is -0.657. The number of benzene rings is 1. The van der Waals surface area contributed by atoms with Gasteiger partial charge in [-0.25, -0.2) is 4.79 Å². The molecule has 2 rings (SSSR count). The van der Waals surface area contributed by atoms with E-state index in [2.05, 4.69) is 6.92 Å². The summed E-state index contributed by atoms with van der Waals surface area (Å²) in [6.07, 6.45) is 14.4. The molecule has 0 radical (unpaired) electrons.